The Bertz CT molecular complexity index is 1660. The molecule has 0 atom stereocenters. The third kappa shape index (κ3) is 3.78. The van der Waals surface area contributed by atoms with Crippen molar-refractivity contribution < 1.29 is 4.79 Å². The van der Waals surface area contributed by atoms with E-state index in [0.717, 1.165) is 36.6 Å². The second-order valence-electron chi connectivity index (χ2n) is 7.76. The van der Waals surface area contributed by atoms with Crippen LogP contribution in [0.3, 0.4) is 0 Å². The van der Waals surface area contributed by atoms with Crippen LogP contribution in [-0.4, -0.2) is 36.5 Å². The molecule has 1 amide bonds. The van der Waals surface area contributed by atoms with Crippen LogP contribution in [0, 0.1) is 6.92 Å². The van der Waals surface area contributed by atoms with Gasteiger partial charge in [-0.3, -0.25) is 4.79 Å². The summed E-state index contributed by atoms with van der Waals surface area (Å²) in [5.41, 5.74) is 4.09. The lowest BCUT2D eigenvalue weighted by Crippen LogP contribution is -2.14. The highest BCUT2D eigenvalue weighted by Crippen LogP contribution is 2.30. The molecule has 3 heterocycles. The van der Waals surface area contributed by atoms with Crippen molar-refractivity contribution in [3.05, 3.63) is 78.5 Å². The lowest BCUT2D eigenvalue weighted by atomic mass is 10.1. The summed E-state index contributed by atoms with van der Waals surface area (Å²) >= 11 is 3.04. The number of hydrogen-bond donors (Lipinski definition) is 1. The number of nitrogens with zero attached hydrogens (tertiary/aromatic N) is 5. The molecule has 166 valence electrons. The highest BCUT2D eigenvalue weighted by molar-refractivity contribution is 8.01. The number of anilines is 1. The molecule has 3 aromatic carbocycles. The summed E-state index contributed by atoms with van der Waals surface area (Å²) in [7, 11) is 0. The van der Waals surface area contributed by atoms with E-state index in [1.165, 1.54) is 11.8 Å². The van der Waals surface area contributed by atoms with Crippen LogP contribution in [-0.2, 0) is 4.79 Å². The Morgan fingerprint density at radius 3 is 2.71 bits per heavy atom. The Morgan fingerprint density at radius 2 is 1.82 bits per heavy atom. The number of thioether (sulfide) groups is 1. The fourth-order valence-corrected chi connectivity index (χ4v) is 5.76. The number of carbonyl (C=O) groups is 1. The lowest BCUT2D eigenvalue weighted by molar-refractivity contribution is -0.113. The molecule has 0 unspecified atom stereocenters. The molecule has 0 aliphatic carbocycles. The predicted octanol–water partition coefficient (Wildman–Crippen LogP) is 5.59. The summed E-state index contributed by atoms with van der Waals surface area (Å²) in [5, 5.41) is 18.5. The van der Waals surface area contributed by atoms with E-state index in [4.69, 9.17) is 5.10 Å². The maximum Gasteiger partial charge on any atom is 0.234 e. The SMILES string of the molecule is Cc1nn2c(-c3cccc(NC(=O)CSc4nc5ccccc5s4)c3)nnc2c2ccccc12. The van der Waals surface area contributed by atoms with Crippen molar-refractivity contribution in [3.63, 3.8) is 0 Å². The summed E-state index contributed by atoms with van der Waals surface area (Å²) in [6, 6.07) is 23.6. The van der Waals surface area contributed by atoms with Gasteiger partial charge in [0.1, 0.15) is 0 Å². The van der Waals surface area contributed by atoms with Crippen molar-refractivity contribution in [1.29, 1.82) is 0 Å². The van der Waals surface area contributed by atoms with E-state index in [-0.39, 0.29) is 11.7 Å². The van der Waals surface area contributed by atoms with Gasteiger partial charge in [-0.25, -0.2) is 4.98 Å². The lowest BCUT2D eigenvalue weighted by Gasteiger charge is -2.07. The average molecular weight is 483 g/mol. The molecule has 6 rings (SSSR count). The Labute approximate surface area is 202 Å². The quantitative estimate of drug-likeness (QED) is 0.322. The number of carbonyl (C=O) groups excluding carboxylic acids is 1. The molecule has 0 saturated carbocycles. The minimum atomic E-state index is -0.0903. The molecular weight excluding hydrogens is 464 g/mol. The van der Waals surface area contributed by atoms with Gasteiger partial charge in [0.15, 0.2) is 15.8 Å². The van der Waals surface area contributed by atoms with Crippen LogP contribution in [0.5, 0.6) is 0 Å². The highest BCUT2D eigenvalue weighted by Gasteiger charge is 2.15. The van der Waals surface area contributed by atoms with Crippen molar-refractivity contribution in [3.8, 4) is 11.4 Å². The predicted molar refractivity (Wildman–Crippen MR) is 137 cm³/mol. The van der Waals surface area contributed by atoms with E-state index < -0.39 is 0 Å². The first-order valence-electron chi connectivity index (χ1n) is 10.7. The summed E-state index contributed by atoms with van der Waals surface area (Å²) in [6.07, 6.45) is 0. The van der Waals surface area contributed by atoms with Crippen LogP contribution >= 0.6 is 23.1 Å². The minimum Gasteiger partial charge on any atom is -0.325 e. The number of aromatic nitrogens is 5. The number of thiazole rings is 1. The number of benzene rings is 3. The molecule has 34 heavy (non-hydrogen) atoms. The van der Waals surface area contributed by atoms with Crippen molar-refractivity contribution in [2.45, 2.75) is 11.3 Å². The fourth-order valence-electron chi connectivity index (χ4n) is 3.89. The number of para-hydroxylation sites is 1. The van der Waals surface area contributed by atoms with Gasteiger partial charge in [-0.2, -0.15) is 9.61 Å². The molecular formula is C25H18N6OS2. The van der Waals surface area contributed by atoms with Crippen LogP contribution in [0.4, 0.5) is 5.69 Å². The smallest absolute Gasteiger partial charge is 0.234 e. The van der Waals surface area contributed by atoms with Gasteiger partial charge in [0.25, 0.3) is 0 Å². The fraction of sp³-hybridized carbons (Fsp3) is 0.0800. The zero-order valence-electron chi connectivity index (χ0n) is 18.1. The van der Waals surface area contributed by atoms with Crippen LogP contribution < -0.4 is 5.32 Å². The van der Waals surface area contributed by atoms with Crippen LogP contribution in [0.1, 0.15) is 5.69 Å². The molecule has 0 bridgehead atoms. The van der Waals surface area contributed by atoms with Crippen LogP contribution in [0.25, 0.3) is 38.0 Å². The number of amides is 1. The van der Waals surface area contributed by atoms with E-state index in [0.29, 0.717) is 17.2 Å². The molecule has 0 aliphatic rings. The van der Waals surface area contributed by atoms with Gasteiger partial charge >= 0.3 is 0 Å². The topological polar surface area (TPSA) is 85.1 Å². The minimum absolute atomic E-state index is 0.0903. The number of rotatable bonds is 5. The first-order valence-corrected chi connectivity index (χ1v) is 12.5. The number of fused-ring (bicyclic) bond motifs is 4. The molecule has 7 nitrogen and oxygen atoms in total. The maximum atomic E-state index is 12.6. The maximum absolute atomic E-state index is 12.6. The van der Waals surface area contributed by atoms with Crippen molar-refractivity contribution in [1.82, 2.24) is 24.8 Å². The zero-order valence-corrected chi connectivity index (χ0v) is 19.7. The van der Waals surface area contributed by atoms with Gasteiger partial charge in [0.05, 0.1) is 21.7 Å². The van der Waals surface area contributed by atoms with E-state index in [2.05, 4.69) is 20.5 Å². The van der Waals surface area contributed by atoms with E-state index in [1.807, 2.05) is 79.7 Å². The second kappa shape index (κ2) is 8.51. The van der Waals surface area contributed by atoms with E-state index >= 15 is 0 Å². The summed E-state index contributed by atoms with van der Waals surface area (Å²) in [4.78, 5) is 17.2. The Hall–Kier alpha value is -3.82. The van der Waals surface area contributed by atoms with Crippen molar-refractivity contribution >= 4 is 61.3 Å². The first kappa shape index (κ1) is 20.8. The van der Waals surface area contributed by atoms with Gasteiger partial charge in [-0.15, -0.1) is 21.5 Å². The molecule has 0 radical (unpaired) electrons. The Balaban J connectivity index is 1.23. The number of nitrogens with one attached hydrogen (secondary N) is 1. The van der Waals surface area contributed by atoms with E-state index in [1.54, 1.807) is 15.9 Å². The third-order valence-corrected chi connectivity index (χ3v) is 7.63. The Morgan fingerprint density at radius 1 is 1.00 bits per heavy atom. The summed E-state index contributed by atoms with van der Waals surface area (Å²) in [5.74, 6) is 0.821. The summed E-state index contributed by atoms with van der Waals surface area (Å²) in [6.45, 7) is 1.98. The molecule has 0 spiro atoms. The van der Waals surface area contributed by atoms with E-state index in [9.17, 15) is 4.79 Å². The van der Waals surface area contributed by atoms with Gasteiger partial charge in [-0.1, -0.05) is 60.3 Å². The normalized spacial score (nSPS) is 11.4. The molecule has 6 aromatic rings. The molecule has 3 aromatic heterocycles. The standard InChI is InChI=1S/C25H18N6OS2/c1-15-18-9-2-3-10-19(18)24-29-28-23(31(24)30-15)16-7-6-8-17(13-16)26-22(32)14-33-25-27-20-11-4-5-12-21(20)34-25/h2-13H,14H2,1H3,(H,26,32). The number of aryl methyl sites for hydroxylation is 1. The molecule has 0 aliphatic heterocycles. The molecule has 1 N–H and O–H groups in total. The zero-order chi connectivity index (χ0) is 23.1. The third-order valence-electron chi connectivity index (χ3n) is 5.45. The summed E-state index contributed by atoms with van der Waals surface area (Å²) < 4.78 is 3.77. The highest BCUT2D eigenvalue weighted by atomic mass is 32.2. The van der Waals surface area contributed by atoms with Crippen molar-refractivity contribution in [2.24, 2.45) is 0 Å². The molecule has 9 heteroatoms. The Kier molecular flexibility index (Phi) is 5.20. The largest absolute Gasteiger partial charge is 0.325 e. The molecule has 0 saturated heterocycles. The van der Waals surface area contributed by atoms with Gasteiger partial charge in [-0.05, 0) is 31.2 Å². The number of hydrogen-bond acceptors (Lipinski definition) is 7. The van der Waals surface area contributed by atoms with Gasteiger partial charge < -0.3 is 5.32 Å². The van der Waals surface area contributed by atoms with Crippen LogP contribution in [0.2, 0.25) is 0 Å². The average Bonchev–Trinajstić information content (AvgIpc) is 3.47. The first-order chi connectivity index (χ1) is 16.7. The van der Waals surface area contributed by atoms with Gasteiger partial charge in [0.2, 0.25) is 5.91 Å². The second-order valence-corrected chi connectivity index (χ2v) is 10.0. The van der Waals surface area contributed by atoms with Gasteiger partial charge in [0, 0.05) is 22.0 Å². The van der Waals surface area contributed by atoms with Crippen molar-refractivity contribution in [2.75, 3.05) is 11.1 Å². The van der Waals surface area contributed by atoms with Crippen LogP contribution in [0.15, 0.2) is 77.1 Å². The monoisotopic (exact) mass is 482 g/mol. The molecule has 0 fully saturated rings.